The Morgan fingerprint density at radius 2 is 1.70 bits per heavy atom. The molecule has 0 aliphatic carbocycles. The highest BCUT2D eigenvalue weighted by atomic mass is 32.2. The third-order valence-corrected chi connectivity index (χ3v) is 4.91. The largest absolute Gasteiger partial charge is 0.573 e. The summed E-state index contributed by atoms with van der Waals surface area (Å²) in [5, 5.41) is -0.791. The van der Waals surface area contributed by atoms with Gasteiger partial charge < -0.3 is 4.74 Å². The van der Waals surface area contributed by atoms with Crippen LogP contribution in [-0.4, -0.2) is 18.0 Å². The molecule has 2 aromatic rings. The number of alkyl halides is 6. The van der Waals surface area contributed by atoms with Gasteiger partial charge in [0.05, 0.1) is 11.3 Å². The van der Waals surface area contributed by atoms with Gasteiger partial charge in [0.25, 0.3) is 0 Å². The van der Waals surface area contributed by atoms with Crippen LogP contribution >= 0.6 is 11.8 Å². The summed E-state index contributed by atoms with van der Waals surface area (Å²) in [5.74, 6) is -0.954. The number of halogens is 6. The van der Waals surface area contributed by atoms with Crippen LogP contribution in [0.3, 0.4) is 0 Å². The van der Waals surface area contributed by atoms with Gasteiger partial charge in [-0.1, -0.05) is 18.2 Å². The Balaban J connectivity index is 1.95. The first kappa shape index (κ1) is 19.4. The lowest BCUT2D eigenvalue weighted by Crippen LogP contribution is -2.28. The van der Waals surface area contributed by atoms with Gasteiger partial charge in [0.2, 0.25) is 5.91 Å². The van der Waals surface area contributed by atoms with Gasteiger partial charge in [0, 0.05) is 11.8 Å². The summed E-state index contributed by atoms with van der Waals surface area (Å²) in [6, 6.07) is 9.27. The summed E-state index contributed by atoms with van der Waals surface area (Å²) >= 11 is 1.09. The molecular weight excluding hydrogens is 396 g/mol. The molecule has 1 unspecified atom stereocenters. The Labute approximate surface area is 153 Å². The van der Waals surface area contributed by atoms with Crippen molar-refractivity contribution < 1.29 is 35.9 Å². The minimum absolute atomic E-state index is 0.00866. The van der Waals surface area contributed by atoms with E-state index in [1.54, 1.807) is 0 Å². The molecule has 0 bridgehead atoms. The SMILES string of the molecule is O=C1CSC(c2cccc(C(F)(F)F)c2)N1c1cccc(OC(F)(F)F)c1. The topological polar surface area (TPSA) is 29.5 Å². The van der Waals surface area contributed by atoms with Crippen LogP contribution in [0.1, 0.15) is 16.5 Å². The maximum atomic E-state index is 13.0. The Morgan fingerprint density at radius 3 is 2.37 bits per heavy atom. The van der Waals surface area contributed by atoms with Crippen molar-refractivity contribution in [3.05, 3.63) is 59.7 Å². The van der Waals surface area contributed by atoms with Crippen LogP contribution < -0.4 is 9.64 Å². The van der Waals surface area contributed by atoms with E-state index in [2.05, 4.69) is 4.74 Å². The Bertz CT molecular complexity index is 852. The first-order valence-electron chi connectivity index (χ1n) is 7.51. The number of benzene rings is 2. The van der Waals surface area contributed by atoms with E-state index in [-0.39, 0.29) is 17.0 Å². The number of thioether (sulfide) groups is 1. The zero-order chi connectivity index (χ0) is 19.8. The number of carbonyl (C=O) groups is 1. The van der Waals surface area contributed by atoms with Crippen molar-refractivity contribution in [1.82, 2.24) is 0 Å². The van der Waals surface area contributed by atoms with Crippen LogP contribution in [0.4, 0.5) is 32.0 Å². The molecule has 1 fully saturated rings. The van der Waals surface area contributed by atoms with Gasteiger partial charge in [-0.05, 0) is 29.8 Å². The minimum Gasteiger partial charge on any atom is -0.406 e. The molecule has 1 aliphatic rings. The van der Waals surface area contributed by atoms with Gasteiger partial charge in [-0.15, -0.1) is 24.9 Å². The molecule has 2 aromatic carbocycles. The predicted molar refractivity (Wildman–Crippen MR) is 87.3 cm³/mol. The van der Waals surface area contributed by atoms with Crippen molar-refractivity contribution in [2.24, 2.45) is 0 Å². The first-order chi connectivity index (χ1) is 12.5. The summed E-state index contributed by atoms with van der Waals surface area (Å²) in [6.45, 7) is 0. The highest BCUT2D eigenvalue weighted by Gasteiger charge is 2.37. The van der Waals surface area contributed by atoms with Gasteiger partial charge >= 0.3 is 12.5 Å². The van der Waals surface area contributed by atoms with Crippen molar-refractivity contribution in [3.63, 3.8) is 0 Å². The molecule has 1 aliphatic heterocycles. The number of rotatable bonds is 3. The number of amides is 1. The van der Waals surface area contributed by atoms with E-state index in [9.17, 15) is 31.1 Å². The molecule has 0 saturated carbocycles. The van der Waals surface area contributed by atoms with Crippen molar-refractivity contribution >= 4 is 23.4 Å². The first-order valence-corrected chi connectivity index (χ1v) is 8.56. The van der Waals surface area contributed by atoms with Crippen LogP contribution in [0.15, 0.2) is 48.5 Å². The molecule has 0 N–H and O–H groups in total. The standard InChI is InChI=1S/C17H11F6NO2S/c18-16(19,20)11-4-1-3-10(7-11)15-24(14(25)9-27-15)12-5-2-6-13(8-12)26-17(21,22)23/h1-8,15H,9H2. The third-order valence-electron chi connectivity index (χ3n) is 3.70. The summed E-state index contributed by atoms with van der Waals surface area (Å²) in [6.07, 6.45) is -9.45. The van der Waals surface area contributed by atoms with Crippen molar-refractivity contribution in [2.75, 3.05) is 10.7 Å². The molecule has 0 radical (unpaired) electrons. The normalized spacial score (nSPS) is 18.1. The molecule has 144 valence electrons. The van der Waals surface area contributed by atoms with E-state index in [4.69, 9.17) is 0 Å². The predicted octanol–water partition coefficient (Wildman–Crippen LogP) is 5.38. The van der Waals surface area contributed by atoms with E-state index in [1.807, 2.05) is 0 Å². The summed E-state index contributed by atoms with van der Waals surface area (Å²) < 4.78 is 79.9. The zero-order valence-corrected chi connectivity index (χ0v) is 14.2. The van der Waals surface area contributed by atoms with Gasteiger partial charge in [-0.2, -0.15) is 13.2 Å². The van der Waals surface area contributed by atoms with Gasteiger partial charge in [-0.3, -0.25) is 9.69 Å². The van der Waals surface area contributed by atoms with Crippen LogP contribution in [0.2, 0.25) is 0 Å². The van der Waals surface area contributed by atoms with Crippen LogP contribution in [-0.2, 0) is 11.0 Å². The zero-order valence-electron chi connectivity index (χ0n) is 13.3. The molecule has 0 spiro atoms. The summed E-state index contributed by atoms with van der Waals surface area (Å²) in [7, 11) is 0. The van der Waals surface area contributed by atoms with Gasteiger partial charge in [0.15, 0.2) is 0 Å². The maximum Gasteiger partial charge on any atom is 0.573 e. The Hall–Kier alpha value is -2.36. The van der Waals surface area contributed by atoms with Crippen molar-refractivity contribution in [2.45, 2.75) is 17.9 Å². The highest BCUT2D eigenvalue weighted by Crippen LogP contribution is 2.43. The quantitative estimate of drug-likeness (QED) is 0.640. The third kappa shape index (κ3) is 4.49. The average Bonchev–Trinajstić information content (AvgIpc) is 2.94. The monoisotopic (exact) mass is 407 g/mol. The maximum absolute atomic E-state index is 13.0. The molecule has 1 saturated heterocycles. The summed E-state index contributed by atoms with van der Waals surface area (Å²) in [4.78, 5) is 13.4. The average molecular weight is 407 g/mol. The second-order valence-electron chi connectivity index (χ2n) is 5.60. The van der Waals surface area contributed by atoms with E-state index in [0.717, 1.165) is 36.0 Å². The smallest absolute Gasteiger partial charge is 0.406 e. The van der Waals surface area contributed by atoms with Gasteiger partial charge in [0.1, 0.15) is 11.1 Å². The van der Waals surface area contributed by atoms with E-state index >= 15 is 0 Å². The Morgan fingerprint density at radius 1 is 1.00 bits per heavy atom. The molecule has 3 rings (SSSR count). The second kappa shape index (κ2) is 6.99. The van der Waals surface area contributed by atoms with E-state index < -0.39 is 35.1 Å². The van der Waals surface area contributed by atoms with E-state index in [0.29, 0.717) is 0 Å². The lowest BCUT2D eigenvalue weighted by molar-refractivity contribution is -0.274. The fraction of sp³-hybridized carbons (Fsp3) is 0.235. The van der Waals surface area contributed by atoms with Crippen molar-refractivity contribution in [1.29, 1.82) is 0 Å². The fourth-order valence-electron chi connectivity index (χ4n) is 2.65. The molecule has 10 heteroatoms. The number of ether oxygens (including phenoxy) is 1. The molecular formula is C17H11F6NO2S. The molecule has 1 atom stereocenters. The van der Waals surface area contributed by atoms with Crippen LogP contribution in [0, 0.1) is 0 Å². The second-order valence-corrected chi connectivity index (χ2v) is 6.66. The van der Waals surface area contributed by atoms with E-state index in [1.165, 1.54) is 29.2 Å². The fourth-order valence-corrected chi connectivity index (χ4v) is 3.82. The van der Waals surface area contributed by atoms with Crippen LogP contribution in [0.5, 0.6) is 5.75 Å². The highest BCUT2D eigenvalue weighted by molar-refractivity contribution is 8.00. The number of carbonyl (C=O) groups excluding carboxylic acids is 1. The van der Waals surface area contributed by atoms with Gasteiger partial charge in [-0.25, -0.2) is 0 Å². The Kier molecular flexibility index (Phi) is 5.02. The molecule has 3 nitrogen and oxygen atoms in total. The van der Waals surface area contributed by atoms with Crippen LogP contribution in [0.25, 0.3) is 0 Å². The molecule has 0 aromatic heterocycles. The summed E-state index contributed by atoms with van der Waals surface area (Å²) in [5.41, 5.74) is -0.536. The van der Waals surface area contributed by atoms with Crippen molar-refractivity contribution in [3.8, 4) is 5.75 Å². The number of nitrogens with zero attached hydrogens (tertiary/aromatic N) is 1. The molecule has 27 heavy (non-hydrogen) atoms. The lowest BCUT2D eigenvalue weighted by atomic mass is 10.1. The lowest BCUT2D eigenvalue weighted by Gasteiger charge is -2.25. The number of anilines is 1. The molecule has 1 heterocycles. The number of hydrogen-bond donors (Lipinski definition) is 0. The molecule has 1 amide bonds. The number of hydrogen-bond acceptors (Lipinski definition) is 3. The minimum atomic E-state index is -4.90.